The number of benzene rings is 2. The fourth-order valence-electron chi connectivity index (χ4n) is 3.70. The molecular weight excluding hydrogens is 460 g/mol. The Morgan fingerprint density at radius 2 is 1.71 bits per heavy atom. The molecule has 35 heavy (non-hydrogen) atoms. The molecule has 2 amide bonds. The second-order valence-corrected chi connectivity index (χ2v) is 8.94. The minimum absolute atomic E-state index is 0.211. The van der Waals surface area contributed by atoms with E-state index in [1.54, 1.807) is 18.2 Å². The van der Waals surface area contributed by atoms with E-state index < -0.39 is 0 Å². The first-order chi connectivity index (χ1) is 17.1. The van der Waals surface area contributed by atoms with Gasteiger partial charge in [0.25, 0.3) is 11.8 Å². The molecule has 0 aliphatic rings. The van der Waals surface area contributed by atoms with Gasteiger partial charge in [-0.3, -0.25) is 9.59 Å². The molecule has 3 heterocycles. The third-order valence-corrected chi connectivity index (χ3v) is 6.55. The SMILES string of the molecule is Cc1cc(NC(=O)c2ccco2)sc1C(=O)NCc1cn(-c2ccccc2)nc1-c1ccccc1. The predicted octanol–water partition coefficient (Wildman–Crippen LogP) is 5.68. The number of rotatable bonds is 7. The Morgan fingerprint density at radius 1 is 0.971 bits per heavy atom. The normalized spacial score (nSPS) is 10.8. The third-order valence-electron chi connectivity index (χ3n) is 5.40. The standard InChI is InChI=1S/C27H22N4O3S/c1-18-15-23(29-26(32)22-13-8-14-34-22)35-25(18)27(33)28-16-20-17-31(21-11-6-3-7-12-21)30-24(20)19-9-4-2-5-10-19/h2-15,17H,16H2,1H3,(H,28,33)(H,29,32). The number of para-hydroxylation sites is 1. The minimum Gasteiger partial charge on any atom is -0.459 e. The average Bonchev–Trinajstić information content (AvgIpc) is 3.64. The number of anilines is 1. The molecule has 174 valence electrons. The van der Waals surface area contributed by atoms with Crippen molar-refractivity contribution in [2.45, 2.75) is 13.5 Å². The Balaban J connectivity index is 1.35. The second kappa shape index (κ2) is 9.82. The highest BCUT2D eigenvalue weighted by Gasteiger charge is 2.18. The van der Waals surface area contributed by atoms with Crippen LogP contribution >= 0.6 is 11.3 Å². The molecule has 2 aromatic carbocycles. The maximum atomic E-state index is 13.0. The number of carbonyl (C=O) groups is 2. The van der Waals surface area contributed by atoms with Gasteiger partial charge in [-0.1, -0.05) is 48.5 Å². The summed E-state index contributed by atoms with van der Waals surface area (Å²) in [5, 5.41) is 11.2. The van der Waals surface area contributed by atoms with E-state index in [4.69, 9.17) is 9.52 Å². The molecular formula is C27H22N4O3S. The number of amides is 2. The Labute approximate surface area is 206 Å². The molecule has 0 fully saturated rings. The summed E-state index contributed by atoms with van der Waals surface area (Å²) in [6.45, 7) is 2.15. The molecule has 0 unspecified atom stereocenters. The van der Waals surface area contributed by atoms with Crippen LogP contribution in [-0.2, 0) is 6.54 Å². The number of nitrogens with zero attached hydrogens (tertiary/aromatic N) is 2. The van der Waals surface area contributed by atoms with Crippen molar-refractivity contribution in [2.24, 2.45) is 0 Å². The van der Waals surface area contributed by atoms with E-state index in [-0.39, 0.29) is 17.6 Å². The topological polar surface area (TPSA) is 89.2 Å². The van der Waals surface area contributed by atoms with Crippen LogP contribution in [0.4, 0.5) is 5.00 Å². The second-order valence-electron chi connectivity index (χ2n) is 7.89. The maximum Gasteiger partial charge on any atom is 0.291 e. The lowest BCUT2D eigenvalue weighted by molar-refractivity contribution is 0.0953. The zero-order valence-corrected chi connectivity index (χ0v) is 19.7. The summed E-state index contributed by atoms with van der Waals surface area (Å²) in [6.07, 6.45) is 3.38. The fourth-order valence-corrected chi connectivity index (χ4v) is 4.68. The molecule has 0 spiro atoms. The molecule has 0 saturated carbocycles. The summed E-state index contributed by atoms with van der Waals surface area (Å²) in [5.41, 5.74) is 4.40. The van der Waals surface area contributed by atoms with Crippen LogP contribution in [0.15, 0.2) is 95.7 Å². The summed E-state index contributed by atoms with van der Waals surface area (Å²) >= 11 is 1.22. The highest BCUT2D eigenvalue weighted by Crippen LogP contribution is 2.28. The molecule has 8 heteroatoms. The van der Waals surface area contributed by atoms with Gasteiger partial charge in [0.2, 0.25) is 0 Å². The van der Waals surface area contributed by atoms with E-state index >= 15 is 0 Å². The number of aryl methyl sites for hydroxylation is 1. The molecule has 0 radical (unpaired) electrons. The van der Waals surface area contributed by atoms with Gasteiger partial charge in [0.05, 0.1) is 27.5 Å². The molecule has 0 bridgehead atoms. The van der Waals surface area contributed by atoms with Gasteiger partial charge in [0, 0.05) is 23.9 Å². The zero-order valence-electron chi connectivity index (χ0n) is 18.9. The van der Waals surface area contributed by atoms with Crippen LogP contribution < -0.4 is 10.6 Å². The van der Waals surface area contributed by atoms with Crippen molar-refractivity contribution in [3.8, 4) is 16.9 Å². The number of hydrogen-bond acceptors (Lipinski definition) is 5. The summed E-state index contributed by atoms with van der Waals surface area (Å²) in [7, 11) is 0. The van der Waals surface area contributed by atoms with E-state index in [0.717, 1.165) is 28.1 Å². The van der Waals surface area contributed by atoms with Crippen LogP contribution in [0.3, 0.4) is 0 Å². The molecule has 7 nitrogen and oxygen atoms in total. The minimum atomic E-state index is -0.357. The monoisotopic (exact) mass is 482 g/mol. The number of aromatic nitrogens is 2. The van der Waals surface area contributed by atoms with Crippen LogP contribution in [0.2, 0.25) is 0 Å². The van der Waals surface area contributed by atoms with E-state index in [1.807, 2.05) is 78.5 Å². The number of hydrogen-bond donors (Lipinski definition) is 2. The molecule has 0 aliphatic heterocycles. The van der Waals surface area contributed by atoms with Crippen molar-refractivity contribution in [2.75, 3.05) is 5.32 Å². The first kappa shape index (κ1) is 22.4. The van der Waals surface area contributed by atoms with Gasteiger partial charge in [0.15, 0.2) is 5.76 Å². The van der Waals surface area contributed by atoms with E-state index in [0.29, 0.717) is 16.4 Å². The van der Waals surface area contributed by atoms with Gasteiger partial charge < -0.3 is 15.1 Å². The fraction of sp³-hybridized carbons (Fsp3) is 0.0741. The maximum absolute atomic E-state index is 13.0. The average molecular weight is 483 g/mol. The van der Waals surface area contributed by atoms with Gasteiger partial charge in [-0.15, -0.1) is 11.3 Å². The highest BCUT2D eigenvalue weighted by molar-refractivity contribution is 7.18. The van der Waals surface area contributed by atoms with Gasteiger partial charge in [-0.2, -0.15) is 5.10 Å². The summed E-state index contributed by atoms with van der Waals surface area (Å²) in [5.74, 6) is -0.354. The molecule has 5 rings (SSSR count). The number of nitrogens with one attached hydrogen (secondary N) is 2. The Kier molecular flexibility index (Phi) is 6.28. The molecule has 3 aromatic heterocycles. The Bertz CT molecular complexity index is 1460. The number of furan rings is 1. The molecule has 0 saturated heterocycles. The summed E-state index contributed by atoms with van der Waals surface area (Å²) in [4.78, 5) is 25.8. The summed E-state index contributed by atoms with van der Waals surface area (Å²) in [6, 6.07) is 24.8. The van der Waals surface area contributed by atoms with Crippen molar-refractivity contribution in [3.05, 3.63) is 113 Å². The molecule has 0 atom stereocenters. The lowest BCUT2D eigenvalue weighted by atomic mass is 10.1. The lowest BCUT2D eigenvalue weighted by Crippen LogP contribution is -2.22. The molecule has 0 aliphatic carbocycles. The van der Waals surface area contributed by atoms with Crippen LogP contribution in [0.5, 0.6) is 0 Å². The van der Waals surface area contributed by atoms with Gasteiger partial charge >= 0.3 is 0 Å². The van der Waals surface area contributed by atoms with Gasteiger partial charge in [0.1, 0.15) is 0 Å². The molecule has 2 N–H and O–H groups in total. The quantitative estimate of drug-likeness (QED) is 0.312. The first-order valence-electron chi connectivity index (χ1n) is 11.0. The van der Waals surface area contributed by atoms with E-state index in [9.17, 15) is 9.59 Å². The van der Waals surface area contributed by atoms with Crippen LogP contribution in [-0.4, -0.2) is 21.6 Å². The smallest absolute Gasteiger partial charge is 0.291 e. The van der Waals surface area contributed by atoms with Crippen LogP contribution in [0, 0.1) is 6.92 Å². The van der Waals surface area contributed by atoms with E-state index in [1.165, 1.54) is 17.6 Å². The third kappa shape index (κ3) is 4.92. The van der Waals surface area contributed by atoms with Crippen LogP contribution in [0.25, 0.3) is 16.9 Å². The van der Waals surface area contributed by atoms with Crippen molar-refractivity contribution in [1.29, 1.82) is 0 Å². The van der Waals surface area contributed by atoms with Crippen molar-refractivity contribution in [3.63, 3.8) is 0 Å². The number of carbonyl (C=O) groups excluding carboxylic acids is 2. The van der Waals surface area contributed by atoms with E-state index in [2.05, 4.69) is 10.6 Å². The number of thiophene rings is 1. The van der Waals surface area contributed by atoms with Crippen molar-refractivity contribution in [1.82, 2.24) is 15.1 Å². The Morgan fingerprint density at radius 3 is 2.43 bits per heavy atom. The van der Waals surface area contributed by atoms with Gasteiger partial charge in [-0.25, -0.2) is 4.68 Å². The first-order valence-corrected chi connectivity index (χ1v) is 11.8. The van der Waals surface area contributed by atoms with Gasteiger partial charge in [-0.05, 0) is 42.8 Å². The van der Waals surface area contributed by atoms with Crippen LogP contribution in [0.1, 0.15) is 31.4 Å². The largest absolute Gasteiger partial charge is 0.459 e. The Hall–Kier alpha value is -4.43. The summed E-state index contributed by atoms with van der Waals surface area (Å²) < 4.78 is 6.95. The zero-order chi connectivity index (χ0) is 24.2. The molecule has 5 aromatic rings. The predicted molar refractivity (Wildman–Crippen MR) is 136 cm³/mol. The lowest BCUT2D eigenvalue weighted by Gasteiger charge is -2.05. The highest BCUT2D eigenvalue weighted by atomic mass is 32.1. The van der Waals surface area contributed by atoms with Crippen molar-refractivity contribution >= 4 is 28.2 Å². The van der Waals surface area contributed by atoms with Crippen molar-refractivity contribution < 1.29 is 14.0 Å².